The van der Waals surface area contributed by atoms with Crippen molar-refractivity contribution >= 4 is 29.2 Å². The minimum Gasteiger partial charge on any atom is -0.478 e. The highest BCUT2D eigenvalue weighted by molar-refractivity contribution is 6.03. The van der Waals surface area contributed by atoms with E-state index in [2.05, 4.69) is 5.32 Å². The summed E-state index contributed by atoms with van der Waals surface area (Å²) in [6, 6.07) is 3.84. The van der Waals surface area contributed by atoms with Crippen molar-refractivity contribution in [3.63, 3.8) is 0 Å². The van der Waals surface area contributed by atoms with Crippen LogP contribution < -0.4 is 11.1 Å². The molecule has 1 aromatic rings. The van der Waals surface area contributed by atoms with Crippen molar-refractivity contribution in [2.24, 2.45) is 0 Å². The third kappa shape index (κ3) is 2.42. The largest absolute Gasteiger partial charge is 0.478 e. The van der Waals surface area contributed by atoms with Crippen molar-refractivity contribution in [3.05, 3.63) is 23.8 Å². The molecular weight excluding hydrogens is 262 g/mol. The summed E-state index contributed by atoms with van der Waals surface area (Å²) in [6.07, 6.45) is 0.546. The van der Waals surface area contributed by atoms with E-state index in [4.69, 9.17) is 10.8 Å². The number of aromatic carboxylic acids is 1. The molecule has 1 aliphatic heterocycles. The maximum atomic E-state index is 12.0. The molecule has 1 unspecified atom stereocenters. The van der Waals surface area contributed by atoms with E-state index in [1.165, 1.54) is 19.2 Å². The van der Waals surface area contributed by atoms with Crippen LogP contribution in [0.2, 0.25) is 0 Å². The molecular formula is C13H15N3O4. The highest BCUT2D eigenvalue weighted by atomic mass is 16.4. The zero-order chi connectivity index (χ0) is 14.9. The second-order valence-electron chi connectivity index (χ2n) is 4.60. The number of likely N-dealkylation sites (N-methyl/N-ethyl adjacent to an activating group) is 1. The first-order valence-electron chi connectivity index (χ1n) is 6.10. The molecule has 0 bridgehead atoms. The monoisotopic (exact) mass is 277 g/mol. The average molecular weight is 277 g/mol. The zero-order valence-corrected chi connectivity index (χ0v) is 10.9. The summed E-state index contributed by atoms with van der Waals surface area (Å²) in [5, 5.41) is 12.0. The van der Waals surface area contributed by atoms with Gasteiger partial charge in [0.25, 0.3) is 5.91 Å². The predicted octanol–water partition coefficient (Wildman–Crippen LogP) is 0.526. The second kappa shape index (κ2) is 5.20. The smallest absolute Gasteiger partial charge is 0.337 e. The van der Waals surface area contributed by atoms with Crippen molar-refractivity contribution in [1.82, 2.24) is 4.90 Å². The Kier molecular flexibility index (Phi) is 3.60. The minimum absolute atomic E-state index is 0.00245. The Morgan fingerprint density at radius 1 is 1.45 bits per heavy atom. The first kappa shape index (κ1) is 13.9. The lowest BCUT2D eigenvalue weighted by molar-refractivity contribution is -0.146. The van der Waals surface area contributed by atoms with Crippen LogP contribution in [0.25, 0.3) is 0 Å². The van der Waals surface area contributed by atoms with Gasteiger partial charge in [0.2, 0.25) is 5.91 Å². The van der Waals surface area contributed by atoms with E-state index in [0.717, 1.165) is 4.90 Å². The van der Waals surface area contributed by atoms with Gasteiger partial charge in [-0.05, 0) is 18.6 Å². The van der Waals surface area contributed by atoms with E-state index in [1.807, 2.05) is 0 Å². The van der Waals surface area contributed by atoms with E-state index < -0.39 is 12.0 Å². The number of amides is 2. The Labute approximate surface area is 115 Å². The van der Waals surface area contributed by atoms with Gasteiger partial charge in [0.1, 0.15) is 6.04 Å². The number of rotatable bonds is 3. The molecule has 0 aromatic heterocycles. The molecule has 0 saturated carbocycles. The first-order valence-corrected chi connectivity index (χ1v) is 6.10. The summed E-state index contributed by atoms with van der Waals surface area (Å²) in [5.41, 5.74) is 6.22. The van der Waals surface area contributed by atoms with Crippen LogP contribution in [0.5, 0.6) is 0 Å². The minimum atomic E-state index is -1.13. The summed E-state index contributed by atoms with van der Waals surface area (Å²) in [5.74, 6) is -1.76. The molecule has 1 aromatic carbocycles. The summed E-state index contributed by atoms with van der Waals surface area (Å²) < 4.78 is 0. The van der Waals surface area contributed by atoms with Gasteiger partial charge in [0.15, 0.2) is 0 Å². The summed E-state index contributed by atoms with van der Waals surface area (Å²) in [6.45, 7) is 0. The van der Waals surface area contributed by atoms with E-state index in [-0.39, 0.29) is 35.2 Å². The lowest BCUT2D eigenvalue weighted by atomic mass is 10.0. The molecule has 0 radical (unpaired) electrons. The number of nitrogen functional groups attached to an aromatic ring is 1. The van der Waals surface area contributed by atoms with Crippen LogP contribution in [-0.2, 0) is 9.59 Å². The Bertz CT molecular complexity index is 585. The number of carboxylic acid groups (broad SMARTS) is 1. The highest BCUT2D eigenvalue weighted by Crippen LogP contribution is 2.26. The third-order valence-electron chi connectivity index (χ3n) is 3.30. The zero-order valence-electron chi connectivity index (χ0n) is 10.9. The number of likely N-dealkylation sites (tertiary alicyclic amines) is 1. The predicted molar refractivity (Wildman–Crippen MR) is 72.2 cm³/mol. The SMILES string of the molecule is CN1C(=O)CCC(Nc2c(N)cccc2C(=O)O)C1=O. The highest BCUT2D eigenvalue weighted by Gasteiger charge is 2.32. The molecule has 1 fully saturated rings. The number of piperidine rings is 1. The number of benzene rings is 1. The normalized spacial score (nSPS) is 19.1. The number of carbonyl (C=O) groups is 3. The molecule has 1 atom stereocenters. The Morgan fingerprint density at radius 3 is 2.80 bits per heavy atom. The first-order chi connectivity index (χ1) is 9.41. The lowest BCUT2D eigenvalue weighted by Crippen LogP contribution is -2.48. The molecule has 0 aliphatic carbocycles. The molecule has 1 saturated heterocycles. The Balaban J connectivity index is 2.29. The summed E-state index contributed by atoms with van der Waals surface area (Å²) in [4.78, 5) is 35.6. The molecule has 7 nitrogen and oxygen atoms in total. The van der Waals surface area contributed by atoms with Crippen LogP contribution >= 0.6 is 0 Å². The van der Waals surface area contributed by atoms with Crippen LogP contribution in [0, 0.1) is 0 Å². The quantitative estimate of drug-likeness (QED) is 0.548. The fourth-order valence-electron chi connectivity index (χ4n) is 2.13. The van der Waals surface area contributed by atoms with E-state index >= 15 is 0 Å². The third-order valence-corrected chi connectivity index (χ3v) is 3.30. The molecule has 1 aliphatic rings. The van der Waals surface area contributed by atoms with Crippen LogP contribution in [0.4, 0.5) is 11.4 Å². The number of nitrogens with two attached hydrogens (primary N) is 1. The fourth-order valence-corrected chi connectivity index (χ4v) is 2.13. The average Bonchev–Trinajstić information content (AvgIpc) is 2.41. The Morgan fingerprint density at radius 2 is 2.15 bits per heavy atom. The van der Waals surface area contributed by atoms with Gasteiger partial charge in [-0.25, -0.2) is 4.79 Å². The number of anilines is 2. The van der Waals surface area contributed by atoms with E-state index in [9.17, 15) is 14.4 Å². The molecule has 20 heavy (non-hydrogen) atoms. The molecule has 2 rings (SSSR count). The van der Waals surface area contributed by atoms with Gasteiger partial charge in [-0.15, -0.1) is 0 Å². The number of carboxylic acids is 1. The van der Waals surface area contributed by atoms with Crippen molar-refractivity contribution in [1.29, 1.82) is 0 Å². The van der Waals surface area contributed by atoms with E-state index in [0.29, 0.717) is 6.42 Å². The molecule has 2 amide bonds. The Hall–Kier alpha value is -2.57. The van der Waals surface area contributed by atoms with Gasteiger partial charge in [0.05, 0.1) is 16.9 Å². The van der Waals surface area contributed by atoms with Gasteiger partial charge in [-0.3, -0.25) is 14.5 Å². The van der Waals surface area contributed by atoms with Gasteiger partial charge < -0.3 is 16.2 Å². The van der Waals surface area contributed by atoms with Gasteiger partial charge in [-0.1, -0.05) is 6.07 Å². The van der Waals surface area contributed by atoms with E-state index in [1.54, 1.807) is 6.07 Å². The van der Waals surface area contributed by atoms with Crippen molar-refractivity contribution in [2.75, 3.05) is 18.1 Å². The van der Waals surface area contributed by atoms with Crippen LogP contribution in [0.15, 0.2) is 18.2 Å². The van der Waals surface area contributed by atoms with Crippen LogP contribution in [-0.4, -0.2) is 40.9 Å². The van der Waals surface area contributed by atoms with Gasteiger partial charge in [0, 0.05) is 13.5 Å². The van der Waals surface area contributed by atoms with Gasteiger partial charge >= 0.3 is 5.97 Å². The number of hydrogen-bond acceptors (Lipinski definition) is 5. The summed E-state index contributed by atoms with van der Waals surface area (Å²) >= 11 is 0. The second-order valence-corrected chi connectivity index (χ2v) is 4.60. The number of imide groups is 1. The molecule has 0 spiro atoms. The van der Waals surface area contributed by atoms with Gasteiger partial charge in [-0.2, -0.15) is 0 Å². The number of nitrogens with zero attached hydrogens (tertiary/aromatic N) is 1. The molecule has 1 heterocycles. The number of para-hydroxylation sites is 1. The van der Waals surface area contributed by atoms with Crippen LogP contribution in [0.1, 0.15) is 23.2 Å². The summed E-state index contributed by atoms with van der Waals surface area (Å²) in [7, 11) is 1.41. The van der Waals surface area contributed by atoms with Crippen LogP contribution in [0.3, 0.4) is 0 Å². The molecule has 4 N–H and O–H groups in total. The number of hydrogen-bond donors (Lipinski definition) is 3. The number of nitrogens with one attached hydrogen (secondary N) is 1. The van der Waals surface area contributed by atoms with Crippen molar-refractivity contribution < 1.29 is 19.5 Å². The number of carbonyl (C=O) groups excluding carboxylic acids is 2. The van der Waals surface area contributed by atoms with Crippen molar-refractivity contribution in [2.45, 2.75) is 18.9 Å². The van der Waals surface area contributed by atoms with Crippen molar-refractivity contribution in [3.8, 4) is 0 Å². The maximum absolute atomic E-state index is 12.0. The lowest BCUT2D eigenvalue weighted by Gasteiger charge is -2.29. The maximum Gasteiger partial charge on any atom is 0.337 e. The molecule has 106 valence electrons. The fraction of sp³-hybridized carbons (Fsp3) is 0.308. The topological polar surface area (TPSA) is 113 Å². The standard InChI is InChI=1S/C13H15N3O4/c1-16-10(17)6-5-9(12(16)18)15-11-7(13(19)20)3-2-4-8(11)14/h2-4,9,15H,5-6,14H2,1H3,(H,19,20). The molecule has 7 heteroatoms.